The second-order valence-electron chi connectivity index (χ2n) is 4.41. The van der Waals surface area contributed by atoms with Gasteiger partial charge in [-0.15, -0.1) is 0 Å². The first kappa shape index (κ1) is 13.5. The molecule has 2 aromatic heterocycles. The Morgan fingerprint density at radius 3 is 2.86 bits per heavy atom. The number of imidazole rings is 1. The SMILES string of the molecule is O=C(Nc1ccc2ncc(Cl)n2c1)OCc1ccccc1. The van der Waals surface area contributed by atoms with Crippen LogP contribution in [0.15, 0.2) is 54.9 Å². The number of rotatable bonds is 3. The smallest absolute Gasteiger partial charge is 0.412 e. The first-order valence-electron chi connectivity index (χ1n) is 6.33. The predicted octanol–water partition coefficient (Wildman–Crippen LogP) is 3.74. The molecule has 21 heavy (non-hydrogen) atoms. The number of amides is 1. The molecule has 0 atom stereocenters. The zero-order valence-electron chi connectivity index (χ0n) is 11.0. The summed E-state index contributed by atoms with van der Waals surface area (Å²) in [6.07, 6.45) is 2.72. The summed E-state index contributed by atoms with van der Waals surface area (Å²) in [7, 11) is 0. The number of aromatic nitrogens is 2. The van der Waals surface area contributed by atoms with Gasteiger partial charge in [0.05, 0.1) is 11.9 Å². The second-order valence-corrected chi connectivity index (χ2v) is 4.80. The number of carbonyl (C=O) groups is 1. The third-order valence-electron chi connectivity index (χ3n) is 2.92. The van der Waals surface area contributed by atoms with Crippen molar-refractivity contribution in [1.29, 1.82) is 0 Å². The van der Waals surface area contributed by atoms with E-state index in [1.54, 1.807) is 28.9 Å². The Balaban J connectivity index is 1.64. The van der Waals surface area contributed by atoms with Gasteiger partial charge in [-0.1, -0.05) is 41.9 Å². The van der Waals surface area contributed by atoms with E-state index < -0.39 is 6.09 Å². The normalized spacial score (nSPS) is 10.5. The molecule has 0 saturated carbocycles. The quantitative estimate of drug-likeness (QED) is 0.802. The third-order valence-corrected chi connectivity index (χ3v) is 3.20. The van der Waals surface area contributed by atoms with Gasteiger partial charge in [-0.25, -0.2) is 9.78 Å². The number of hydrogen-bond acceptors (Lipinski definition) is 3. The van der Waals surface area contributed by atoms with Gasteiger partial charge in [0.2, 0.25) is 0 Å². The molecule has 5 nitrogen and oxygen atoms in total. The van der Waals surface area contributed by atoms with Crippen molar-refractivity contribution in [2.45, 2.75) is 6.61 Å². The molecule has 0 unspecified atom stereocenters. The van der Waals surface area contributed by atoms with Gasteiger partial charge in [-0.2, -0.15) is 0 Å². The minimum Gasteiger partial charge on any atom is -0.444 e. The number of ether oxygens (including phenoxy) is 1. The Bertz CT molecular complexity index is 771. The zero-order chi connectivity index (χ0) is 14.7. The van der Waals surface area contributed by atoms with Gasteiger partial charge in [0.25, 0.3) is 0 Å². The van der Waals surface area contributed by atoms with Gasteiger partial charge in [0, 0.05) is 6.20 Å². The molecule has 6 heteroatoms. The highest BCUT2D eigenvalue weighted by molar-refractivity contribution is 6.29. The molecular formula is C15H12ClN3O2. The number of anilines is 1. The number of halogens is 1. The van der Waals surface area contributed by atoms with E-state index in [1.165, 1.54) is 0 Å². The maximum Gasteiger partial charge on any atom is 0.412 e. The number of nitrogens with zero attached hydrogens (tertiary/aromatic N) is 2. The fourth-order valence-electron chi connectivity index (χ4n) is 1.90. The molecule has 106 valence electrons. The molecule has 0 radical (unpaired) electrons. The van der Waals surface area contributed by atoms with Crippen molar-refractivity contribution in [3.63, 3.8) is 0 Å². The van der Waals surface area contributed by atoms with E-state index >= 15 is 0 Å². The lowest BCUT2D eigenvalue weighted by Crippen LogP contribution is -2.13. The van der Waals surface area contributed by atoms with Gasteiger partial charge < -0.3 is 4.74 Å². The van der Waals surface area contributed by atoms with E-state index in [9.17, 15) is 4.79 Å². The molecule has 0 saturated heterocycles. The summed E-state index contributed by atoms with van der Waals surface area (Å²) in [4.78, 5) is 15.9. The number of benzene rings is 1. The molecule has 1 N–H and O–H groups in total. The summed E-state index contributed by atoms with van der Waals surface area (Å²) in [5, 5.41) is 3.13. The van der Waals surface area contributed by atoms with Crippen molar-refractivity contribution < 1.29 is 9.53 Å². The van der Waals surface area contributed by atoms with Crippen molar-refractivity contribution in [3.05, 3.63) is 65.6 Å². The molecule has 3 aromatic rings. The van der Waals surface area contributed by atoms with Crippen LogP contribution >= 0.6 is 11.6 Å². The van der Waals surface area contributed by atoms with Gasteiger partial charge in [-0.05, 0) is 17.7 Å². The van der Waals surface area contributed by atoms with E-state index in [4.69, 9.17) is 16.3 Å². The molecule has 0 bridgehead atoms. The summed E-state index contributed by atoms with van der Waals surface area (Å²) >= 11 is 5.98. The standard InChI is InChI=1S/C15H12ClN3O2/c16-13-8-17-14-7-6-12(9-19(13)14)18-15(20)21-10-11-4-2-1-3-5-11/h1-9H,10H2,(H,18,20). The maximum absolute atomic E-state index is 11.8. The van der Waals surface area contributed by atoms with E-state index in [1.807, 2.05) is 30.3 Å². The highest BCUT2D eigenvalue weighted by Gasteiger charge is 2.06. The summed E-state index contributed by atoms with van der Waals surface area (Å²) in [5.41, 5.74) is 2.23. The van der Waals surface area contributed by atoms with Crippen LogP contribution in [-0.4, -0.2) is 15.5 Å². The lowest BCUT2D eigenvalue weighted by molar-refractivity contribution is 0.155. The van der Waals surface area contributed by atoms with Crippen LogP contribution in [0.3, 0.4) is 0 Å². The van der Waals surface area contributed by atoms with Crippen LogP contribution in [0.4, 0.5) is 10.5 Å². The molecule has 0 aliphatic rings. The number of nitrogens with one attached hydrogen (secondary N) is 1. The van der Waals surface area contributed by atoms with Crippen molar-refractivity contribution in [2.24, 2.45) is 0 Å². The van der Waals surface area contributed by atoms with Crippen molar-refractivity contribution in [2.75, 3.05) is 5.32 Å². The summed E-state index contributed by atoms with van der Waals surface area (Å²) in [6, 6.07) is 13.0. The topological polar surface area (TPSA) is 55.6 Å². The molecule has 3 rings (SSSR count). The van der Waals surface area contributed by atoms with Gasteiger partial charge in [-0.3, -0.25) is 9.72 Å². The average molecular weight is 302 g/mol. The van der Waals surface area contributed by atoms with Gasteiger partial charge >= 0.3 is 6.09 Å². The summed E-state index contributed by atoms with van der Waals surface area (Å²) < 4.78 is 6.82. The van der Waals surface area contributed by atoms with E-state index in [0.29, 0.717) is 16.5 Å². The minimum atomic E-state index is -0.519. The summed E-state index contributed by atoms with van der Waals surface area (Å²) in [6.45, 7) is 0.223. The van der Waals surface area contributed by atoms with E-state index in [0.717, 1.165) is 5.56 Å². The molecule has 0 aliphatic heterocycles. The fourth-order valence-corrected chi connectivity index (χ4v) is 2.09. The van der Waals surface area contributed by atoms with E-state index in [-0.39, 0.29) is 6.61 Å². The second kappa shape index (κ2) is 5.85. The Hall–Kier alpha value is -2.53. The maximum atomic E-state index is 11.8. The number of fused-ring (bicyclic) bond motifs is 1. The Kier molecular flexibility index (Phi) is 3.75. The van der Waals surface area contributed by atoms with Crippen molar-refractivity contribution >= 4 is 29.0 Å². The van der Waals surface area contributed by atoms with Crippen LogP contribution < -0.4 is 5.32 Å². The van der Waals surface area contributed by atoms with Crippen LogP contribution in [0.5, 0.6) is 0 Å². The van der Waals surface area contributed by atoms with Gasteiger partial charge in [0.15, 0.2) is 0 Å². The zero-order valence-corrected chi connectivity index (χ0v) is 11.7. The summed E-state index contributed by atoms with van der Waals surface area (Å²) in [5.74, 6) is 0. The van der Waals surface area contributed by atoms with Crippen LogP contribution in [0.1, 0.15) is 5.56 Å². The highest BCUT2D eigenvalue weighted by Crippen LogP contribution is 2.16. The van der Waals surface area contributed by atoms with E-state index in [2.05, 4.69) is 10.3 Å². The van der Waals surface area contributed by atoms with Crippen LogP contribution in [-0.2, 0) is 11.3 Å². The number of pyridine rings is 1. The molecule has 1 aromatic carbocycles. The molecule has 1 amide bonds. The van der Waals surface area contributed by atoms with Gasteiger partial charge in [0.1, 0.15) is 17.4 Å². The fraction of sp³-hybridized carbons (Fsp3) is 0.0667. The van der Waals surface area contributed by atoms with Crippen molar-refractivity contribution in [1.82, 2.24) is 9.38 Å². The monoisotopic (exact) mass is 301 g/mol. The van der Waals surface area contributed by atoms with Crippen LogP contribution in [0.2, 0.25) is 5.15 Å². The molecular weight excluding hydrogens is 290 g/mol. The first-order chi connectivity index (χ1) is 10.2. The molecule has 0 spiro atoms. The Labute approximate surface area is 126 Å². The lowest BCUT2D eigenvalue weighted by atomic mass is 10.2. The van der Waals surface area contributed by atoms with Crippen LogP contribution in [0, 0.1) is 0 Å². The minimum absolute atomic E-state index is 0.223. The highest BCUT2D eigenvalue weighted by atomic mass is 35.5. The third kappa shape index (κ3) is 3.14. The lowest BCUT2D eigenvalue weighted by Gasteiger charge is -2.07. The molecule has 0 aliphatic carbocycles. The molecule has 0 fully saturated rings. The Morgan fingerprint density at radius 2 is 2.05 bits per heavy atom. The number of carbonyl (C=O) groups excluding carboxylic acids is 1. The van der Waals surface area contributed by atoms with Crippen molar-refractivity contribution in [3.8, 4) is 0 Å². The average Bonchev–Trinajstić information content (AvgIpc) is 2.87. The van der Waals surface area contributed by atoms with Crippen LogP contribution in [0.25, 0.3) is 5.65 Å². The Morgan fingerprint density at radius 1 is 1.24 bits per heavy atom. The predicted molar refractivity (Wildman–Crippen MR) is 80.5 cm³/mol. The molecule has 2 heterocycles. The number of hydrogen-bond donors (Lipinski definition) is 1. The first-order valence-corrected chi connectivity index (χ1v) is 6.70. The largest absolute Gasteiger partial charge is 0.444 e.